The van der Waals surface area contributed by atoms with Gasteiger partial charge in [-0.15, -0.1) is 0 Å². The van der Waals surface area contributed by atoms with Gasteiger partial charge in [0, 0.05) is 28.7 Å². The number of nitrogens with one attached hydrogen (secondary N) is 2. The lowest BCUT2D eigenvalue weighted by Gasteiger charge is -2.08. The molecule has 0 amide bonds. The topological polar surface area (TPSA) is 40.7 Å². The summed E-state index contributed by atoms with van der Waals surface area (Å²) < 4.78 is 14.6. The first-order valence-electron chi connectivity index (χ1n) is 7.37. The Morgan fingerprint density at radius 3 is 2.61 bits per heavy atom. The molecule has 1 heterocycles. The highest BCUT2D eigenvalue weighted by Gasteiger charge is 2.08. The lowest BCUT2D eigenvalue weighted by atomic mass is 10.1. The minimum atomic E-state index is -0.202. The first kappa shape index (κ1) is 15.9. The molecule has 0 bridgehead atoms. The van der Waals surface area contributed by atoms with Crippen LogP contribution in [0.1, 0.15) is 16.7 Å². The average Bonchev–Trinajstić information content (AvgIpc) is 3.00. The van der Waals surface area contributed by atoms with Gasteiger partial charge in [0.1, 0.15) is 5.82 Å². The molecule has 3 nitrogen and oxygen atoms in total. The van der Waals surface area contributed by atoms with Crippen LogP contribution in [-0.4, -0.2) is 10.2 Å². The van der Waals surface area contributed by atoms with Crippen molar-refractivity contribution in [2.24, 2.45) is 0 Å². The standard InChI is InChI=1S/C18H17BrFN3/c1-12-2-4-13(5-3-12)18-15(11-22-23-18)10-21-9-14-8-16(19)6-7-17(14)20/h2-8,11,21H,9-10H2,1H3,(H,22,23). The molecule has 5 heteroatoms. The van der Waals surface area contributed by atoms with Crippen molar-refractivity contribution in [2.75, 3.05) is 0 Å². The molecule has 0 saturated carbocycles. The summed E-state index contributed by atoms with van der Waals surface area (Å²) in [5, 5.41) is 10.4. The molecule has 0 aliphatic heterocycles. The van der Waals surface area contributed by atoms with Crippen LogP contribution in [0.4, 0.5) is 4.39 Å². The first-order chi connectivity index (χ1) is 11.1. The summed E-state index contributed by atoms with van der Waals surface area (Å²) in [6.07, 6.45) is 1.81. The van der Waals surface area contributed by atoms with Crippen molar-refractivity contribution < 1.29 is 4.39 Å². The van der Waals surface area contributed by atoms with E-state index in [1.807, 2.05) is 0 Å². The summed E-state index contributed by atoms with van der Waals surface area (Å²) in [4.78, 5) is 0. The number of aromatic nitrogens is 2. The van der Waals surface area contributed by atoms with Crippen LogP contribution in [-0.2, 0) is 13.1 Å². The Morgan fingerprint density at radius 1 is 1.09 bits per heavy atom. The third-order valence-electron chi connectivity index (χ3n) is 3.70. The number of nitrogens with zero attached hydrogens (tertiary/aromatic N) is 1. The smallest absolute Gasteiger partial charge is 0.127 e. The normalized spacial score (nSPS) is 10.9. The molecule has 3 aromatic rings. The molecule has 0 unspecified atom stereocenters. The van der Waals surface area contributed by atoms with Crippen molar-refractivity contribution in [2.45, 2.75) is 20.0 Å². The summed E-state index contributed by atoms with van der Waals surface area (Å²) >= 11 is 3.37. The maximum Gasteiger partial charge on any atom is 0.127 e. The zero-order chi connectivity index (χ0) is 16.2. The Kier molecular flexibility index (Phi) is 4.88. The number of benzene rings is 2. The van der Waals surface area contributed by atoms with Crippen molar-refractivity contribution >= 4 is 15.9 Å². The van der Waals surface area contributed by atoms with Gasteiger partial charge in [0.15, 0.2) is 0 Å². The highest BCUT2D eigenvalue weighted by atomic mass is 79.9. The lowest BCUT2D eigenvalue weighted by molar-refractivity contribution is 0.587. The summed E-state index contributed by atoms with van der Waals surface area (Å²) in [6.45, 7) is 3.14. The highest BCUT2D eigenvalue weighted by molar-refractivity contribution is 9.10. The molecule has 0 atom stereocenters. The van der Waals surface area contributed by atoms with E-state index in [0.717, 1.165) is 21.3 Å². The van der Waals surface area contributed by atoms with E-state index in [1.54, 1.807) is 18.3 Å². The van der Waals surface area contributed by atoms with Crippen LogP contribution in [0.25, 0.3) is 11.3 Å². The van der Waals surface area contributed by atoms with Gasteiger partial charge in [-0.1, -0.05) is 45.8 Å². The number of hydrogen-bond donors (Lipinski definition) is 2. The Hall–Kier alpha value is -1.98. The van der Waals surface area contributed by atoms with Gasteiger partial charge in [-0.25, -0.2) is 4.39 Å². The molecule has 0 saturated heterocycles. The van der Waals surface area contributed by atoms with Gasteiger partial charge in [-0.2, -0.15) is 5.10 Å². The van der Waals surface area contributed by atoms with E-state index in [2.05, 4.69) is 62.6 Å². The molecule has 118 valence electrons. The van der Waals surface area contributed by atoms with Gasteiger partial charge in [0.2, 0.25) is 0 Å². The molecule has 3 rings (SSSR count). The predicted octanol–water partition coefficient (Wildman–Crippen LogP) is 4.58. The Balaban J connectivity index is 1.69. The van der Waals surface area contributed by atoms with Crippen LogP contribution in [0.15, 0.2) is 53.1 Å². The molecule has 0 radical (unpaired) electrons. The third-order valence-corrected chi connectivity index (χ3v) is 4.19. The molecule has 0 aliphatic rings. The minimum absolute atomic E-state index is 0.202. The van der Waals surface area contributed by atoms with Crippen LogP contribution in [0.2, 0.25) is 0 Å². The third kappa shape index (κ3) is 3.86. The van der Waals surface area contributed by atoms with E-state index in [1.165, 1.54) is 11.6 Å². The number of aromatic amines is 1. The van der Waals surface area contributed by atoms with Crippen molar-refractivity contribution in [3.63, 3.8) is 0 Å². The van der Waals surface area contributed by atoms with Crippen LogP contribution >= 0.6 is 15.9 Å². The molecule has 0 spiro atoms. The fraction of sp³-hybridized carbons (Fsp3) is 0.167. The largest absolute Gasteiger partial charge is 0.308 e. The second-order valence-corrected chi connectivity index (χ2v) is 6.39. The predicted molar refractivity (Wildman–Crippen MR) is 93.4 cm³/mol. The van der Waals surface area contributed by atoms with Gasteiger partial charge in [-0.3, -0.25) is 5.10 Å². The highest BCUT2D eigenvalue weighted by Crippen LogP contribution is 2.21. The Labute approximate surface area is 143 Å². The van der Waals surface area contributed by atoms with Crippen molar-refractivity contribution in [3.05, 3.63) is 75.6 Å². The second kappa shape index (κ2) is 7.06. The second-order valence-electron chi connectivity index (χ2n) is 5.48. The fourth-order valence-electron chi connectivity index (χ4n) is 2.43. The molecule has 2 N–H and O–H groups in total. The average molecular weight is 374 g/mol. The van der Waals surface area contributed by atoms with Gasteiger partial charge in [0.25, 0.3) is 0 Å². The number of H-pyrrole nitrogens is 1. The fourth-order valence-corrected chi connectivity index (χ4v) is 2.83. The van der Waals surface area contributed by atoms with E-state index in [9.17, 15) is 4.39 Å². The van der Waals surface area contributed by atoms with E-state index >= 15 is 0 Å². The van der Waals surface area contributed by atoms with Gasteiger partial charge in [0.05, 0.1) is 11.9 Å². The van der Waals surface area contributed by atoms with E-state index in [4.69, 9.17) is 0 Å². The van der Waals surface area contributed by atoms with Crippen LogP contribution in [0, 0.1) is 12.7 Å². The van der Waals surface area contributed by atoms with Crippen molar-refractivity contribution in [1.29, 1.82) is 0 Å². The van der Waals surface area contributed by atoms with Gasteiger partial charge in [-0.05, 0) is 30.7 Å². The summed E-state index contributed by atoms with van der Waals surface area (Å²) in [5.74, 6) is -0.202. The number of halogens is 2. The number of rotatable bonds is 5. The molecular formula is C18H17BrFN3. The van der Waals surface area contributed by atoms with Gasteiger partial charge >= 0.3 is 0 Å². The zero-order valence-corrected chi connectivity index (χ0v) is 14.3. The minimum Gasteiger partial charge on any atom is -0.308 e. The molecule has 23 heavy (non-hydrogen) atoms. The van der Waals surface area contributed by atoms with E-state index in [0.29, 0.717) is 18.7 Å². The van der Waals surface area contributed by atoms with Crippen molar-refractivity contribution in [3.8, 4) is 11.3 Å². The molecule has 0 fully saturated rings. The molecule has 0 aliphatic carbocycles. The number of aryl methyl sites for hydroxylation is 1. The van der Waals surface area contributed by atoms with E-state index in [-0.39, 0.29) is 5.82 Å². The van der Waals surface area contributed by atoms with E-state index < -0.39 is 0 Å². The zero-order valence-electron chi connectivity index (χ0n) is 12.7. The summed E-state index contributed by atoms with van der Waals surface area (Å²) in [6, 6.07) is 13.2. The lowest BCUT2D eigenvalue weighted by Crippen LogP contribution is -2.14. The Bertz CT molecular complexity index is 796. The van der Waals surface area contributed by atoms with Crippen LogP contribution in [0.3, 0.4) is 0 Å². The molecule has 2 aromatic carbocycles. The molecular weight excluding hydrogens is 357 g/mol. The SMILES string of the molecule is Cc1ccc(-c2[nH]ncc2CNCc2cc(Br)ccc2F)cc1. The van der Waals surface area contributed by atoms with Crippen molar-refractivity contribution in [1.82, 2.24) is 15.5 Å². The molecule has 1 aromatic heterocycles. The monoisotopic (exact) mass is 373 g/mol. The summed E-state index contributed by atoms with van der Waals surface area (Å²) in [7, 11) is 0. The van der Waals surface area contributed by atoms with Crippen LogP contribution < -0.4 is 5.32 Å². The van der Waals surface area contributed by atoms with Gasteiger partial charge < -0.3 is 5.32 Å². The maximum absolute atomic E-state index is 13.7. The number of hydrogen-bond acceptors (Lipinski definition) is 2. The Morgan fingerprint density at radius 2 is 1.83 bits per heavy atom. The quantitative estimate of drug-likeness (QED) is 0.687. The van der Waals surface area contributed by atoms with Crippen LogP contribution in [0.5, 0.6) is 0 Å². The maximum atomic E-state index is 13.7. The first-order valence-corrected chi connectivity index (χ1v) is 8.17. The summed E-state index contributed by atoms with van der Waals surface area (Å²) in [5.41, 5.74) is 5.01.